The van der Waals surface area contributed by atoms with E-state index < -0.39 is 5.97 Å². The zero-order valence-electron chi connectivity index (χ0n) is 12.3. The fourth-order valence-electron chi connectivity index (χ4n) is 5.40. The zero-order chi connectivity index (χ0) is 14.6. The molecule has 4 rings (SSSR count). The lowest BCUT2D eigenvalue weighted by Crippen LogP contribution is -2.47. The molecular weight excluding hydrogens is 268 g/mol. The first kappa shape index (κ1) is 13.4. The van der Waals surface area contributed by atoms with Gasteiger partial charge in [0, 0.05) is 12.6 Å². The molecule has 4 unspecified atom stereocenters. The van der Waals surface area contributed by atoms with Crippen LogP contribution >= 0.6 is 0 Å². The average molecular weight is 292 g/mol. The number of hydrogen-bond acceptors (Lipinski definition) is 2. The van der Waals surface area contributed by atoms with Gasteiger partial charge in [0.2, 0.25) is 0 Å². The standard InChI is InChI=1S/C16H24N2O3/c19-11(20)7-16(4-1-5-16)8-17-15(21)18-14-12-9-2-3-10(6-9)13(12)14/h9-10,12-14H,1-8H2,(H,19,20)(H2,17,18,21). The van der Waals surface area contributed by atoms with Gasteiger partial charge in [0.15, 0.2) is 0 Å². The van der Waals surface area contributed by atoms with Crippen LogP contribution in [-0.4, -0.2) is 29.7 Å². The number of carbonyl (C=O) groups is 2. The second kappa shape index (κ2) is 4.62. The van der Waals surface area contributed by atoms with Crippen LogP contribution < -0.4 is 10.6 Å². The van der Waals surface area contributed by atoms with Gasteiger partial charge in [0.05, 0.1) is 6.42 Å². The summed E-state index contributed by atoms with van der Waals surface area (Å²) in [6.07, 6.45) is 7.17. The second-order valence-electron chi connectivity index (χ2n) is 7.76. The van der Waals surface area contributed by atoms with E-state index >= 15 is 0 Å². The third kappa shape index (κ3) is 2.21. The number of carboxylic acids is 1. The molecule has 2 amide bonds. The lowest BCUT2D eigenvalue weighted by Gasteiger charge is -2.40. The molecule has 0 aliphatic heterocycles. The van der Waals surface area contributed by atoms with E-state index in [-0.39, 0.29) is 17.9 Å². The highest BCUT2D eigenvalue weighted by molar-refractivity contribution is 5.75. The van der Waals surface area contributed by atoms with Gasteiger partial charge in [-0.05, 0) is 61.2 Å². The Balaban J connectivity index is 1.25. The first-order valence-corrected chi connectivity index (χ1v) is 8.34. The number of rotatable bonds is 5. The lowest BCUT2D eigenvalue weighted by molar-refractivity contribution is -0.141. The monoisotopic (exact) mass is 292 g/mol. The van der Waals surface area contributed by atoms with E-state index in [0.717, 1.165) is 42.9 Å². The molecule has 0 spiro atoms. The second-order valence-corrected chi connectivity index (χ2v) is 7.76. The highest BCUT2D eigenvalue weighted by Gasteiger charge is 2.65. The highest BCUT2D eigenvalue weighted by atomic mass is 16.4. The Kier molecular flexibility index (Phi) is 2.95. The van der Waals surface area contributed by atoms with Crippen LogP contribution in [0, 0.1) is 29.1 Å². The number of urea groups is 1. The molecule has 5 heteroatoms. The maximum absolute atomic E-state index is 12.1. The van der Waals surface area contributed by atoms with Crippen molar-refractivity contribution in [2.24, 2.45) is 29.1 Å². The number of aliphatic carboxylic acids is 1. The maximum atomic E-state index is 12.1. The SMILES string of the molecule is O=C(O)CC1(CNC(=O)NC2C3C4CCC(C4)C23)CCC1. The van der Waals surface area contributed by atoms with Gasteiger partial charge in [-0.1, -0.05) is 6.42 Å². The van der Waals surface area contributed by atoms with Crippen LogP contribution in [0.15, 0.2) is 0 Å². The van der Waals surface area contributed by atoms with Crippen molar-refractivity contribution >= 4 is 12.0 Å². The number of nitrogens with one attached hydrogen (secondary N) is 2. The number of carbonyl (C=O) groups excluding carboxylic acids is 1. The number of hydrogen-bond donors (Lipinski definition) is 3. The van der Waals surface area contributed by atoms with E-state index in [2.05, 4.69) is 10.6 Å². The largest absolute Gasteiger partial charge is 0.481 e. The minimum atomic E-state index is -0.759. The average Bonchev–Trinajstić information content (AvgIpc) is 2.81. The van der Waals surface area contributed by atoms with Crippen LogP contribution in [-0.2, 0) is 4.79 Å². The van der Waals surface area contributed by atoms with Gasteiger partial charge < -0.3 is 15.7 Å². The van der Waals surface area contributed by atoms with Crippen LogP contribution in [0.2, 0.25) is 0 Å². The summed E-state index contributed by atoms with van der Waals surface area (Å²) in [4.78, 5) is 23.0. The molecule has 3 N–H and O–H groups in total. The predicted molar refractivity (Wildman–Crippen MR) is 76.7 cm³/mol. The third-order valence-corrected chi connectivity index (χ3v) is 6.60. The van der Waals surface area contributed by atoms with Crippen LogP contribution in [0.1, 0.15) is 44.9 Å². The minimum Gasteiger partial charge on any atom is -0.481 e. The molecule has 4 saturated carbocycles. The Bertz CT molecular complexity index is 458. The van der Waals surface area contributed by atoms with Crippen molar-refractivity contribution in [3.63, 3.8) is 0 Å². The quantitative estimate of drug-likeness (QED) is 0.725. The van der Waals surface area contributed by atoms with Crippen molar-refractivity contribution in [1.82, 2.24) is 10.6 Å². The molecule has 0 aromatic rings. The first-order chi connectivity index (χ1) is 10.1. The van der Waals surface area contributed by atoms with Gasteiger partial charge in [-0.15, -0.1) is 0 Å². The molecule has 0 saturated heterocycles. The Morgan fingerprint density at radius 3 is 2.33 bits per heavy atom. The first-order valence-electron chi connectivity index (χ1n) is 8.34. The summed E-state index contributed by atoms with van der Waals surface area (Å²) in [6, 6.07) is 0.304. The molecule has 2 bridgehead atoms. The topological polar surface area (TPSA) is 78.4 Å². The molecular formula is C16H24N2O3. The van der Waals surface area contributed by atoms with Crippen LogP contribution in [0.25, 0.3) is 0 Å². The molecule has 4 atom stereocenters. The fourth-order valence-corrected chi connectivity index (χ4v) is 5.40. The van der Waals surface area contributed by atoms with E-state index in [1.807, 2.05) is 0 Å². The summed E-state index contributed by atoms with van der Waals surface area (Å²) < 4.78 is 0. The van der Waals surface area contributed by atoms with Crippen molar-refractivity contribution in [2.45, 2.75) is 51.0 Å². The van der Waals surface area contributed by atoms with Crippen molar-refractivity contribution in [2.75, 3.05) is 6.54 Å². The summed E-state index contributed by atoms with van der Waals surface area (Å²) in [5, 5.41) is 15.0. The van der Waals surface area contributed by atoms with Gasteiger partial charge >= 0.3 is 12.0 Å². The van der Waals surface area contributed by atoms with Gasteiger partial charge in [0.1, 0.15) is 0 Å². The van der Waals surface area contributed by atoms with Crippen LogP contribution in [0.4, 0.5) is 4.79 Å². The van der Waals surface area contributed by atoms with Crippen LogP contribution in [0.5, 0.6) is 0 Å². The number of amides is 2. The Morgan fingerprint density at radius 1 is 1.14 bits per heavy atom. The smallest absolute Gasteiger partial charge is 0.315 e. The fraction of sp³-hybridized carbons (Fsp3) is 0.875. The van der Waals surface area contributed by atoms with Gasteiger partial charge in [-0.25, -0.2) is 4.79 Å². The molecule has 0 aromatic carbocycles. The van der Waals surface area contributed by atoms with E-state index in [9.17, 15) is 9.59 Å². The third-order valence-electron chi connectivity index (χ3n) is 6.60. The summed E-state index contributed by atoms with van der Waals surface area (Å²) in [6.45, 7) is 0.500. The normalized spacial score (nSPS) is 41.0. The Hall–Kier alpha value is -1.26. The van der Waals surface area contributed by atoms with Crippen LogP contribution in [0.3, 0.4) is 0 Å². The number of fused-ring (bicyclic) bond motifs is 5. The lowest BCUT2D eigenvalue weighted by atomic mass is 9.66. The summed E-state index contributed by atoms with van der Waals surface area (Å²) in [7, 11) is 0. The molecule has 4 aliphatic rings. The highest BCUT2D eigenvalue weighted by Crippen LogP contribution is 2.65. The van der Waals surface area contributed by atoms with Crippen molar-refractivity contribution < 1.29 is 14.7 Å². The van der Waals surface area contributed by atoms with Gasteiger partial charge in [0.25, 0.3) is 0 Å². The summed E-state index contributed by atoms with van der Waals surface area (Å²) >= 11 is 0. The van der Waals surface area contributed by atoms with E-state index in [4.69, 9.17) is 5.11 Å². The maximum Gasteiger partial charge on any atom is 0.315 e. The van der Waals surface area contributed by atoms with Crippen molar-refractivity contribution in [1.29, 1.82) is 0 Å². The van der Waals surface area contributed by atoms with E-state index in [1.54, 1.807) is 0 Å². The Morgan fingerprint density at radius 2 is 1.81 bits per heavy atom. The molecule has 0 radical (unpaired) electrons. The molecule has 0 heterocycles. The molecule has 0 aromatic heterocycles. The molecule has 5 nitrogen and oxygen atoms in total. The molecule has 4 fully saturated rings. The van der Waals surface area contributed by atoms with E-state index in [0.29, 0.717) is 12.6 Å². The minimum absolute atomic E-state index is 0.0922. The van der Waals surface area contributed by atoms with E-state index in [1.165, 1.54) is 19.3 Å². The molecule has 4 aliphatic carbocycles. The summed E-state index contributed by atoms with van der Waals surface area (Å²) in [5.41, 5.74) is -0.193. The Labute approximate surface area is 124 Å². The zero-order valence-corrected chi connectivity index (χ0v) is 12.3. The number of carboxylic acid groups (broad SMARTS) is 1. The van der Waals surface area contributed by atoms with Crippen molar-refractivity contribution in [3.05, 3.63) is 0 Å². The molecule has 116 valence electrons. The van der Waals surface area contributed by atoms with Crippen molar-refractivity contribution in [3.8, 4) is 0 Å². The molecule has 21 heavy (non-hydrogen) atoms. The van der Waals surface area contributed by atoms with Gasteiger partial charge in [-0.2, -0.15) is 0 Å². The summed E-state index contributed by atoms with van der Waals surface area (Å²) in [5.74, 6) is 2.44. The van der Waals surface area contributed by atoms with Gasteiger partial charge in [-0.3, -0.25) is 4.79 Å². The predicted octanol–water partition coefficient (Wildman–Crippen LogP) is 1.98.